The average Bonchev–Trinajstić information content (AvgIpc) is 3.56. The highest BCUT2D eigenvalue weighted by atomic mass is 32.2. The summed E-state index contributed by atoms with van der Waals surface area (Å²) in [4.78, 5) is 23.8. The zero-order valence-corrected chi connectivity index (χ0v) is 23.1. The van der Waals surface area contributed by atoms with Crippen molar-refractivity contribution in [1.29, 1.82) is 0 Å². The Kier molecular flexibility index (Phi) is 7.96. The summed E-state index contributed by atoms with van der Waals surface area (Å²) in [5.41, 5.74) is -0.0494. The molecule has 8 nitrogen and oxygen atoms in total. The van der Waals surface area contributed by atoms with E-state index in [1.54, 1.807) is 24.3 Å². The third kappa shape index (κ3) is 6.26. The molecule has 1 atom stereocenters. The average molecular weight is 582 g/mol. The van der Waals surface area contributed by atoms with Gasteiger partial charge in [0.25, 0.3) is 0 Å². The Hall–Kier alpha value is -2.61. The molecule has 1 amide bonds. The van der Waals surface area contributed by atoms with Crippen molar-refractivity contribution >= 4 is 42.7 Å². The fourth-order valence-electron chi connectivity index (χ4n) is 5.24. The standard InChI is InChI=1S/C26H30F3N5O3S2/c1-33-12-14-34(15-13-33)39(36,37)19-8-6-18(7-9-19)20(16-17-4-2-3-5-17)23(35)32-25-30-21-10-11-22(26(27,28)29)31-24(21)38-25/h6-11,17,20H,2-5,12-16H2,1H3,(H,30,32,35)/t20-/m1/s1. The topological polar surface area (TPSA) is 95.5 Å². The molecule has 5 rings (SSSR count). The van der Waals surface area contributed by atoms with E-state index >= 15 is 0 Å². The molecule has 0 radical (unpaired) electrons. The number of fused-ring (bicyclic) bond motifs is 1. The van der Waals surface area contributed by atoms with Crippen LogP contribution in [0.3, 0.4) is 0 Å². The van der Waals surface area contributed by atoms with Crippen LogP contribution in [0.1, 0.15) is 49.3 Å². The van der Waals surface area contributed by atoms with Gasteiger partial charge in [-0.1, -0.05) is 49.2 Å². The summed E-state index contributed by atoms with van der Waals surface area (Å²) in [6.07, 6.45) is 0.268. The summed E-state index contributed by atoms with van der Waals surface area (Å²) in [6, 6.07) is 8.60. The molecule has 1 aliphatic heterocycles. The first-order valence-electron chi connectivity index (χ1n) is 12.9. The first-order chi connectivity index (χ1) is 18.5. The Morgan fingerprint density at radius 3 is 2.36 bits per heavy atom. The van der Waals surface area contributed by atoms with Crippen molar-refractivity contribution in [3.63, 3.8) is 0 Å². The van der Waals surface area contributed by atoms with E-state index in [9.17, 15) is 26.4 Å². The quantitative estimate of drug-likeness (QED) is 0.424. The predicted molar refractivity (Wildman–Crippen MR) is 143 cm³/mol. The van der Waals surface area contributed by atoms with E-state index in [4.69, 9.17) is 0 Å². The number of carbonyl (C=O) groups excluding carboxylic acids is 1. The smallest absolute Gasteiger partial charge is 0.304 e. The molecule has 0 bridgehead atoms. The van der Waals surface area contributed by atoms with Gasteiger partial charge in [0, 0.05) is 26.2 Å². The summed E-state index contributed by atoms with van der Waals surface area (Å²) in [5.74, 6) is -0.522. The minimum absolute atomic E-state index is 0.0888. The minimum Gasteiger partial charge on any atom is -0.304 e. The van der Waals surface area contributed by atoms with Gasteiger partial charge < -0.3 is 10.2 Å². The lowest BCUT2D eigenvalue weighted by molar-refractivity contribution is -0.140. The number of alkyl halides is 3. The largest absolute Gasteiger partial charge is 0.433 e. The first-order valence-corrected chi connectivity index (χ1v) is 15.2. The number of likely N-dealkylation sites (N-methyl/N-ethyl adjacent to an activating group) is 1. The van der Waals surface area contributed by atoms with Gasteiger partial charge in [-0.05, 0) is 49.2 Å². The van der Waals surface area contributed by atoms with Crippen molar-refractivity contribution in [1.82, 2.24) is 19.2 Å². The van der Waals surface area contributed by atoms with Gasteiger partial charge in [0.1, 0.15) is 16.0 Å². The van der Waals surface area contributed by atoms with Gasteiger partial charge in [0.2, 0.25) is 15.9 Å². The molecular weight excluding hydrogens is 551 g/mol. The fraction of sp³-hybridized carbons (Fsp3) is 0.500. The second-order valence-electron chi connectivity index (χ2n) is 10.2. The van der Waals surface area contributed by atoms with Gasteiger partial charge in [0.15, 0.2) is 5.13 Å². The number of rotatable bonds is 7. The van der Waals surface area contributed by atoms with Crippen LogP contribution in [0.25, 0.3) is 10.3 Å². The second-order valence-corrected chi connectivity index (χ2v) is 13.2. The summed E-state index contributed by atoms with van der Waals surface area (Å²) in [5, 5.41) is 2.95. The van der Waals surface area contributed by atoms with E-state index in [0.29, 0.717) is 44.1 Å². The maximum Gasteiger partial charge on any atom is 0.433 e. The zero-order chi connectivity index (χ0) is 27.8. The lowest BCUT2D eigenvalue weighted by Crippen LogP contribution is -2.47. The van der Waals surface area contributed by atoms with Crippen molar-refractivity contribution in [3.8, 4) is 0 Å². The van der Waals surface area contributed by atoms with Crippen LogP contribution in [0.4, 0.5) is 18.3 Å². The highest BCUT2D eigenvalue weighted by Crippen LogP contribution is 2.36. The number of carbonyl (C=O) groups is 1. The maximum atomic E-state index is 13.5. The first kappa shape index (κ1) is 27.9. The molecule has 2 fully saturated rings. The van der Waals surface area contributed by atoms with Gasteiger partial charge in [-0.2, -0.15) is 17.5 Å². The summed E-state index contributed by atoms with van der Waals surface area (Å²) in [6.45, 7) is 2.18. The number of nitrogens with one attached hydrogen (secondary N) is 1. The Morgan fingerprint density at radius 2 is 1.72 bits per heavy atom. The third-order valence-electron chi connectivity index (χ3n) is 7.52. The van der Waals surface area contributed by atoms with Crippen LogP contribution in [0, 0.1) is 5.92 Å². The van der Waals surface area contributed by atoms with Gasteiger partial charge in [-0.25, -0.2) is 18.4 Å². The summed E-state index contributed by atoms with van der Waals surface area (Å²) >= 11 is 0.891. The second kappa shape index (κ2) is 11.1. The number of pyridine rings is 1. The number of sulfonamides is 1. The Balaban J connectivity index is 1.37. The van der Waals surface area contributed by atoms with Crippen molar-refractivity contribution in [2.24, 2.45) is 5.92 Å². The Labute approximate surface area is 229 Å². The van der Waals surface area contributed by atoms with E-state index in [1.807, 2.05) is 7.05 Å². The molecule has 3 heterocycles. The van der Waals surface area contributed by atoms with Gasteiger partial charge in [-0.15, -0.1) is 0 Å². The molecule has 210 valence electrons. The lowest BCUT2D eigenvalue weighted by Gasteiger charge is -2.31. The van der Waals surface area contributed by atoms with E-state index in [1.165, 1.54) is 10.4 Å². The van der Waals surface area contributed by atoms with E-state index in [-0.39, 0.29) is 26.3 Å². The van der Waals surface area contributed by atoms with Crippen LogP contribution in [0.2, 0.25) is 0 Å². The van der Waals surface area contributed by atoms with Crippen molar-refractivity contribution in [3.05, 3.63) is 47.7 Å². The molecule has 39 heavy (non-hydrogen) atoms. The highest BCUT2D eigenvalue weighted by molar-refractivity contribution is 7.89. The van der Waals surface area contributed by atoms with Crippen LogP contribution >= 0.6 is 11.3 Å². The van der Waals surface area contributed by atoms with Crippen molar-refractivity contribution in [2.45, 2.75) is 49.1 Å². The Morgan fingerprint density at radius 1 is 1.05 bits per heavy atom. The van der Waals surface area contributed by atoms with Gasteiger partial charge in [-0.3, -0.25) is 4.79 Å². The van der Waals surface area contributed by atoms with Crippen molar-refractivity contribution < 1.29 is 26.4 Å². The molecular formula is C26H30F3N5O3S2. The number of halogens is 3. The van der Waals surface area contributed by atoms with Crippen LogP contribution < -0.4 is 5.32 Å². The van der Waals surface area contributed by atoms with E-state index in [0.717, 1.165) is 43.1 Å². The van der Waals surface area contributed by atoms with Crippen molar-refractivity contribution in [2.75, 3.05) is 38.5 Å². The van der Waals surface area contributed by atoms with Crippen LogP contribution in [-0.4, -0.2) is 66.7 Å². The van der Waals surface area contributed by atoms with Gasteiger partial charge >= 0.3 is 6.18 Å². The number of hydrogen-bond donors (Lipinski definition) is 1. The molecule has 0 unspecified atom stereocenters. The number of anilines is 1. The van der Waals surface area contributed by atoms with E-state index in [2.05, 4.69) is 20.2 Å². The molecule has 13 heteroatoms. The molecule has 2 aliphatic rings. The lowest BCUT2D eigenvalue weighted by atomic mass is 9.87. The minimum atomic E-state index is -4.57. The predicted octanol–water partition coefficient (Wildman–Crippen LogP) is 4.95. The summed E-state index contributed by atoms with van der Waals surface area (Å²) in [7, 11) is -1.68. The fourth-order valence-corrected chi connectivity index (χ4v) is 7.51. The number of nitrogens with zero attached hydrogens (tertiary/aromatic N) is 4. The third-order valence-corrected chi connectivity index (χ3v) is 10.3. The highest BCUT2D eigenvalue weighted by Gasteiger charge is 2.33. The normalized spacial score (nSPS) is 19.0. The molecule has 1 aromatic carbocycles. The molecule has 1 saturated heterocycles. The molecule has 0 spiro atoms. The molecule has 3 aromatic rings. The number of benzene rings is 1. The number of aromatic nitrogens is 2. The Bertz CT molecular complexity index is 1430. The molecule has 1 saturated carbocycles. The number of piperazine rings is 1. The monoisotopic (exact) mass is 581 g/mol. The maximum absolute atomic E-state index is 13.5. The zero-order valence-electron chi connectivity index (χ0n) is 21.4. The van der Waals surface area contributed by atoms with Gasteiger partial charge in [0.05, 0.1) is 10.8 Å². The number of hydrogen-bond acceptors (Lipinski definition) is 7. The number of amides is 1. The van der Waals surface area contributed by atoms with E-state index < -0.39 is 27.8 Å². The molecule has 1 N–H and O–H groups in total. The summed E-state index contributed by atoms with van der Waals surface area (Å²) < 4.78 is 66.9. The van der Waals surface area contributed by atoms with Crippen LogP contribution in [-0.2, 0) is 21.0 Å². The molecule has 2 aromatic heterocycles. The molecule has 1 aliphatic carbocycles. The SMILES string of the molecule is CN1CCN(S(=O)(=O)c2ccc([C@@H](CC3CCCC3)C(=O)Nc3nc4ccc(C(F)(F)F)nc4s3)cc2)CC1. The number of thiazole rings is 1. The van der Waals surface area contributed by atoms with Crippen LogP contribution in [0.15, 0.2) is 41.3 Å². The van der Waals surface area contributed by atoms with Crippen LogP contribution in [0.5, 0.6) is 0 Å².